The summed E-state index contributed by atoms with van der Waals surface area (Å²) in [7, 11) is 1.95. The zero-order valence-corrected chi connectivity index (χ0v) is 21.0. The van der Waals surface area contributed by atoms with Crippen LogP contribution < -0.4 is 0 Å². The van der Waals surface area contributed by atoms with Crippen LogP contribution in [0.25, 0.3) is 17.1 Å². The first-order chi connectivity index (χ1) is 14.1. The first-order valence-corrected chi connectivity index (χ1v) is 9.83. The van der Waals surface area contributed by atoms with Gasteiger partial charge in [-0.3, -0.25) is 9.67 Å². The van der Waals surface area contributed by atoms with Crippen LogP contribution in [0.5, 0.6) is 5.75 Å². The molecule has 0 aliphatic carbocycles. The molecular weight excluding hydrogens is 569 g/mol. The van der Waals surface area contributed by atoms with E-state index in [1.807, 2.05) is 54.5 Å². The number of aromatic nitrogens is 5. The number of hydrogen-bond donors (Lipinski definition) is 1. The third kappa shape index (κ3) is 6.14. The fourth-order valence-electron chi connectivity index (χ4n) is 3.07. The van der Waals surface area contributed by atoms with Gasteiger partial charge in [0.25, 0.3) is 0 Å². The summed E-state index contributed by atoms with van der Waals surface area (Å²) in [5.41, 5.74) is 5.15. The van der Waals surface area contributed by atoms with Crippen molar-refractivity contribution in [2.45, 2.75) is 40.0 Å². The van der Waals surface area contributed by atoms with Gasteiger partial charge in [0, 0.05) is 51.9 Å². The number of hydrogen-bond acceptors (Lipinski definition) is 4. The predicted octanol–water partition coefficient (Wildman–Crippen LogP) is 4.77. The second kappa shape index (κ2) is 10.1. The maximum absolute atomic E-state index is 9.02. The molecule has 0 unspecified atom stereocenters. The van der Waals surface area contributed by atoms with Crippen molar-refractivity contribution in [3.63, 3.8) is 0 Å². The number of benzene rings is 1. The van der Waals surface area contributed by atoms with E-state index in [1.165, 1.54) is 5.56 Å². The van der Waals surface area contributed by atoms with Crippen LogP contribution in [0.3, 0.4) is 0 Å². The average molecular weight is 598 g/mol. The second-order valence-corrected chi connectivity index (χ2v) is 8.33. The van der Waals surface area contributed by atoms with E-state index in [0.717, 1.165) is 28.5 Å². The van der Waals surface area contributed by atoms with Crippen molar-refractivity contribution in [1.29, 1.82) is 0 Å². The maximum atomic E-state index is 9.02. The number of rotatable bonds is 2. The number of aryl methyl sites for hydroxylation is 3. The number of pyridine rings is 1. The van der Waals surface area contributed by atoms with Crippen LogP contribution in [-0.4, -0.2) is 29.4 Å². The number of aromatic hydroxyl groups is 1. The molecule has 31 heavy (non-hydrogen) atoms. The minimum absolute atomic E-state index is 0. The summed E-state index contributed by atoms with van der Waals surface area (Å²) in [5.74, 6) is 1.17. The first-order valence-electron chi connectivity index (χ1n) is 9.83. The van der Waals surface area contributed by atoms with E-state index >= 15 is 0 Å². The molecule has 0 saturated carbocycles. The Morgan fingerprint density at radius 3 is 2.23 bits per heavy atom. The predicted molar refractivity (Wildman–Crippen MR) is 119 cm³/mol. The summed E-state index contributed by atoms with van der Waals surface area (Å²) >= 11 is 0. The van der Waals surface area contributed by atoms with Gasteiger partial charge in [0.1, 0.15) is 5.75 Å². The summed E-state index contributed by atoms with van der Waals surface area (Å²) in [6, 6.07) is 12.7. The Balaban J connectivity index is 0.000000245. The van der Waals surface area contributed by atoms with Crippen molar-refractivity contribution in [3.05, 3.63) is 78.1 Å². The molecule has 3 aromatic heterocycles. The second-order valence-electron chi connectivity index (χ2n) is 8.33. The summed E-state index contributed by atoms with van der Waals surface area (Å²) in [6.45, 7) is 10.4. The molecule has 0 amide bonds. The van der Waals surface area contributed by atoms with Crippen LogP contribution in [0.2, 0.25) is 0 Å². The third-order valence-electron chi connectivity index (χ3n) is 4.70. The number of phenols is 1. The molecule has 7 heteroatoms. The Kier molecular flexibility index (Phi) is 7.96. The summed E-state index contributed by atoms with van der Waals surface area (Å²) in [4.78, 5) is 8.57. The monoisotopic (exact) mass is 597 g/mol. The molecule has 0 spiro atoms. The fraction of sp³-hybridized carbons (Fsp3) is 0.292. The quantitative estimate of drug-likeness (QED) is 0.338. The van der Waals surface area contributed by atoms with Crippen molar-refractivity contribution >= 4 is 0 Å². The number of imidazole rings is 1. The van der Waals surface area contributed by atoms with Gasteiger partial charge >= 0.3 is 0 Å². The summed E-state index contributed by atoms with van der Waals surface area (Å²) in [6.07, 6.45) is 7.18. The van der Waals surface area contributed by atoms with Crippen LogP contribution in [0.4, 0.5) is 0 Å². The van der Waals surface area contributed by atoms with Crippen LogP contribution in [0.1, 0.15) is 37.7 Å². The van der Waals surface area contributed by atoms with Gasteiger partial charge < -0.3 is 14.7 Å². The van der Waals surface area contributed by atoms with Crippen molar-refractivity contribution in [2.24, 2.45) is 7.05 Å². The zero-order chi connectivity index (χ0) is 21.9. The molecule has 0 atom stereocenters. The zero-order valence-electron chi connectivity index (χ0n) is 18.7. The molecule has 4 rings (SSSR count). The largest absolute Gasteiger partial charge is 0.508 e. The van der Waals surface area contributed by atoms with Crippen molar-refractivity contribution < 1.29 is 26.2 Å². The Bertz CT molecular complexity index is 1120. The molecule has 166 valence electrons. The van der Waals surface area contributed by atoms with Gasteiger partial charge in [-0.1, -0.05) is 44.7 Å². The van der Waals surface area contributed by atoms with E-state index in [1.54, 1.807) is 30.7 Å². The van der Waals surface area contributed by atoms with E-state index in [2.05, 4.69) is 41.9 Å². The Morgan fingerprint density at radius 2 is 1.71 bits per heavy atom. The third-order valence-corrected chi connectivity index (χ3v) is 4.70. The van der Waals surface area contributed by atoms with Crippen LogP contribution in [0.15, 0.2) is 55.1 Å². The number of nitrogens with zero attached hydrogens (tertiary/aromatic N) is 5. The molecule has 1 aromatic carbocycles. The van der Waals surface area contributed by atoms with Crippen molar-refractivity contribution in [2.75, 3.05) is 0 Å². The molecule has 0 saturated heterocycles. The molecule has 0 bridgehead atoms. The Hall–Kier alpha value is -2.72. The van der Waals surface area contributed by atoms with E-state index in [9.17, 15) is 0 Å². The Morgan fingerprint density at radius 1 is 1.03 bits per heavy atom. The normalized spacial score (nSPS) is 10.8. The van der Waals surface area contributed by atoms with Crippen LogP contribution in [0, 0.1) is 19.9 Å². The average Bonchev–Trinajstić information content (AvgIpc) is 3.26. The van der Waals surface area contributed by atoms with Crippen LogP contribution >= 0.6 is 0 Å². The van der Waals surface area contributed by atoms with Crippen LogP contribution in [-0.2, 0) is 33.5 Å². The molecule has 0 fully saturated rings. The molecular formula is C24H28N5OPt-. The Labute approximate surface area is 198 Å². The van der Waals surface area contributed by atoms with Crippen molar-refractivity contribution in [3.8, 4) is 22.8 Å². The van der Waals surface area contributed by atoms with Gasteiger partial charge in [0.05, 0.1) is 11.5 Å². The van der Waals surface area contributed by atoms with Gasteiger partial charge in [-0.2, -0.15) is 5.10 Å². The van der Waals surface area contributed by atoms with E-state index < -0.39 is 0 Å². The molecule has 6 nitrogen and oxygen atoms in total. The fourth-order valence-corrected chi connectivity index (χ4v) is 3.07. The minimum Gasteiger partial charge on any atom is -0.508 e. The van der Waals surface area contributed by atoms with Crippen molar-refractivity contribution in [1.82, 2.24) is 24.3 Å². The summed E-state index contributed by atoms with van der Waals surface area (Å²) < 4.78 is 3.78. The topological polar surface area (TPSA) is 68.8 Å². The molecule has 1 N–H and O–H groups in total. The van der Waals surface area contributed by atoms with Gasteiger partial charge in [0.15, 0.2) is 0 Å². The molecule has 3 heterocycles. The standard InChI is InChI=1S/C14H14N5.C10H14O.Pt/c1-10-6-11(2)19(17-10)13-7-12(8-15-9-13)14-16-4-5-18(14)3;1-10(2,3)8-4-6-9(11)7-5-8;/h4-6,8-9H,1-3H3;4-7,11H,1-3H3;/q-1;;. The van der Waals surface area contributed by atoms with E-state index in [4.69, 9.17) is 5.11 Å². The molecule has 0 radical (unpaired) electrons. The van der Waals surface area contributed by atoms with Gasteiger partial charge in [-0.05, 0) is 49.2 Å². The molecule has 0 aliphatic rings. The minimum atomic E-state index is 0. The van der Waals surface area contributed by atoms with E-state index in [0.29, 0.717) is 5.75 Å². The van der Waals surface area contributed by atoms with Gasteiger partial charge in [-0.25, -0.2) is 0 Å². The first kappa shape index (κ1) is 24.5. The maximum Gasteiger partial charge on any atom is 0.115 e. The molecule has 0 aliphatic heterocycles. The smallest absolute Gasteiger partial charge is 0.115 e. The van der Waals surface area contributed by atoms with Gasteiger partial charge in [0.2, 0.25) is 0 Å². The SMILES string of the molecule is CC(C)(C)c1ccc(O)cc1.Cc1cc(C)n(-c2[c-]c(-c3nccn3C)cnc2)n1.[Pt]. The molecule has 4 aromatic rings. The summed E-state index contributed by atoms with van der Waals surface area (Å²) in [5, 5.41) is 13.5. The van der Waals surface area contributed by atoms with Gasteiger partial charge in [-0.15, -0.1) is 6.07 Å². The number of phenolic OH excluding ortho intramolecular Hbond substituents is 1. The van der Waals surface area contributed by atoms with E-state index in [-0.39, 0.29) is 26.5 Å².